The molecule has 0 aliphatic rings. The third kappa shape index (κ3) is 1.93. The molecule has 5 nitrogen and oxygen atoms in total. The van der Waals surface area contributed by atoms with Gasteiger partial charge in [0.25, 0.3) is 0 Å². The molecule has 1 unspecified atom stereocenters. The first-order valence-corrected chi connectivity index (χ1v) is 6.43. The predicted molar refractivity (Wildman–Crippen MR) is 80.7 cm³/mol. The van der Waals surface area contributed by atoms with Crippen LogP contribution >= 0.6 is 0 Å². The zero-order chi connectivity index (χ0) is 14.1. The molecule has 0 aliphatic heterocycles. The number of aryl methyl sites for hydroxylation is 1. The topological polar surface area (TPSA) is 81.9 Å². The summed E-state index contributed by atoms with van der Waals surface area (Å²) >= 11 is 0. The normalized spacial score (nSPS) is 12.7. The molecule has 3 rings (SSSR count). The molecule has 102 valence electrons. The third-order valence-corrected chi connectivity index (χ3v) is 3.63. The van der Waals surface area contributed by atoms with Gasteiger partial charge in [-0.05, 0) is 16.3 Å². The molecule has 0 bridgehead atoms. The molecule has 1 aromatic heterocycles. The van der Waals surface area contributed by atoms with Crippen LogP contribution < -0.4 is 17.0 Å². The molecule has 0 saturated carbocycles. The minimum absolute atomic E-state index is 0.185. The minimum Gasteiger partial charge on any atom is -0.384 e. The molecule has 0 spiro atoms. The SMILES string of the molecule is Cn1ncc(C(NN)c2cccc3ccccc23)c1N. The Morgan fingerprint density at radius 2 is 1.85 bits per heavy atom. The number of aromatic nitrogens is 2. The standard InChI is InChI=1S/C15H17N5/c1-20-15(16)13(9-18-20)14(19-17)12-8-4-6-10-5-2-3-7-11(10)12/h2-9,14,19H,16-17H2,1H3. The lowest BCUT2D eigenvalue weighted by Gasteiger charge is -2.18. The Morgan fingerprint density at radius 1 is 1.10 bits per heavy atom. The molecule has 20 heavy (non-hydrogen) atoms. The van der Waals surface area contributed by atoms with Gasteiger partial charge >= 0.3 is 0 Å². The zero-order valence-electron chi connectivity index (χ0n) is 11.2. The van der Waals surface area contributed by atoms with Gasteiger partial charge in [-0.2, -0.15) is 5.10 Å². The minimum atomic E-state index is -0.185. The average molecular weight is 267 g/mol. The van der Waals surface area contributed by atoms with Crippen LogP contribution in [0.3, 0.4) is 0 Å². The first-order chi connectivity index (χ1) is 9.72. The van der Waals surface area contributed by atoms with E-state index in [0.717, 1.165) is 16.5 Å². The number of nitrogens with one attached hydrogen (secondary N) is 1. The van der Waals surface area contributed by atoms with Crippen molar-refractivity contribution in [3.63, 3.8) is 0 Å². The van der Waals surface area contributed by atoms with E-state index in [1.54, 1.807) is 10.9 Å². The van der Waals surface area contributed by atoms with Crippen LogP contribution in [0.25, 0.3) is 10.8 Å². The van der Waals surface area contributed by atoms with Crippen LogP contribution in [0.2, 0.25) is 0 Å². The zero-order valence-corrected chi connectivity index (χ0v) is 11.2. The van der Waals surface area contributed by atoms with E-state index in [4.69, 9.17) is 11.6 Å². The highest BCUT2D eigenvalue weighted by atomic mass is 15.3. The molecule has 5 heteroatoms. The lowest BCUT2D eigenvalue weighted by Crippen LogP contribution is -2.29. The fourth-order valence-corrected chi connectivity index (χ4v) is 2.54. The lowest BCUT2D eigenvalue weighted by atomic mass is 9.95. The maximum atomic E-state index is 6.07. The Balaban J connectivity index is 2.19. The third-order valence-electron chi connectivity index (χ3n) is 3.63. The van der Waals surface area contributed by atoms with E-state index in [-0.39, 0.29) is 6.04 Å². The average Bonchev–Trinajstić information content (AvgIpc) is 2.81. The summed E-state index contributed by atoms with van der Waals surface area (Å²) in [5, 5.41) is 6.51. The van der Waals surface area contributed by atoms with Gasteiger partial charge in [-0.3, -0.25) is 10.5 Å². The lowest BCUT2D eigenvalue weighted by molar-refractivity contribution is 0.642. The number of rotatable bonds is 3. The second-order valence-corrected chi connectivity index (χ2v) is 4.78. The van der Waals surface area contributed by atoms with Crippen LogP contribution in [0, 0.1) is 0 Å². The summed E-state index contributed by atoms with van der Waals surface area (Å²) in [6.07, 6.45) is 1.75. The Hall–Kier alpha value is -2.37. The van der Waals surface area contributed by atoms with Crippen molar-refractivity contribution in [3.8, 4) is 0 Å². The second kappa shape index (κ2) is 4.96. The molecule has 5 N–H and O–H groups in total. The quantitative estimate of drug-likeness (QED) is 0.498. The van der Waals surface area contributed by atoms with Gasteiger partial charge in [-0.1, -0.05) is 42.5 Å². The van der Waals surface area contributed by atoms with Crippen molar-refractivity contribution >= 4 is 16.6 Å². The maximum absolute atomic E-state index is 6.07. The van der Waals surface area contributed by atoms with Gasteiger partial charge in [-0.25, -0.2) is 5.43 Å². The van der Waals surface area contributed by atoms with Crippen molar-refractivity contribution in [1.82, 2.24) is 15.2 Å². The molecule has 0 fully saturated rings. The summed E-state index contributed by atoms with van der Waals surface area (Å²) in [5.74, 6) is 6.38. The summed E-state index contributed by atoms with van der Waals surface area (Å²) < 4.78 is 1.64. The fraction of sp³-hybridized carbons (Fsp3) is 0.133. The van der Waals surface area contributed by atoms with E-state index in [9.17, 15) is 0 Å². The van der Waals surface area contributed by atoms with E-state index in [2.05, 4.69) is 34.8 Å². The highest BCUT2D eigenvalue weighted by molar-refractivity contribution is 5.86. The van der Waals surface area contributed by atoms with Crippen molar-refractivity contribution in [2.45, 2.75) is 6.04 Å². The number of hydrazine groups is 1. The summed E-state index contributed by atoms with van der Waals surface area (Å²) in [6, 6.07) is 14.2. The fourth-order valence-electron chi connectivity index (χ4n) is 2.54. The molecule has 0 amide bonds. The number of benzene rings is 2. The molecule has 1 atom stereocenters. The van der Waals surface area contributed by atoms with E-state index in [0.29, 0.717) is 5.82 Å². The molecule has 0 radical (unpaired) electrons. The van der Waals surface area contributed by atoms with Gasteiger partial charge in [0.15, 0.2) is 0 Å². The second-order valence-electron chi connectivity index (χ2n) is 4.78. The Morgan fingerprint density at radius 3 is 2.55 bits per heavy atom. The summed E-state index contributed by atoms with van der Waals surface area (Å²) in [6.45, 7) is 0. The summed E-state index contributed by atoms with van der Waals surface area (Å²) in [5.41, 5.74) is 10.9. The van der Waals surface area contributed by atoms with Crippen molar-refractivity contribution in [2.75, 3.05) is 5.73 Å². The van der Waals surface area contributed by atoms with Crippen LogP contribution in [0.15, 0.2) is 48.7 Å². The Labute approximate surface area is 117 Å². The van der Waals surface area contributed by atoms with Crippen molar-refractivity contribution < 1.29 is 0 Å². The monoisotopic (exact) mass is 267 g/mol. The van der Waals surface area contributed by atoms with Crippen LogP contribution in [0.5, 0.6) is 0 Å². The molecule has 0 saturated heterocycles. The molecule has 3 aromatic rings. The van der Waals surface area contributed by atoms with E-state index in [1.165, 1.54) is 5.39 Å². The number of hydrogen-bond acceptors (Lipinski definition) is 4. The van der Waals surface area contributed by atoms with Gasteiger partial charge in [-0.15, -0.1) is 0 Å². The molecule has 0 aliphatic carbocycles. The van der Waals surface area contributed by atoms with Gasteiger partial charge in [0.1, 0.15) is 5.82 Å². The first-order valence-electron chi connectivity index (χ1n) is 6.43. The molecule has 1 heterocycles. The van der Waals surface area contributed by atoms with Crippen LogP contribution in [0.1, 0.15) is 17.2 Å². The number of hydrogen-bond donors (Lipinski definition) is 3. The molecular formula is C15H17N5. The van der Waals surface area contributed by atoms with Crippen molar-refractivity contribution in [3.05, 3.63) is 59.8 Å². The largest absolute Gasteiger partial charge is 0.384 e. The van der Waals surface area contributed by atoms with Gasteiger partial charge < -0.3 is 5.73 Å². The van der Waals surface area contributed by atoms with Gasteiger partial charge in [0.05, 0.1) is 12.2 Å². The van der Waals surface area contributed by atoms with Crippen LogP contribution in [-0.2, 0) is 7.05 Å². The number of nitrogens with zero attached hydrogens (tertiary/aromatic N) is 2. The van der Waals surface area contributed by atoms with E-state index >= 15 is 0 Å². The summed E-state index contributed by atoms with van der Waals surface area (Å²) in [4.78, 5) is 0. The predicted octanol–water partition coefficient (Wildman–Crippen LogP) is 1.71. The molecule has 2 aromatic carbocycles. The van der Waals surface area contributed by atoms with Crippen molar-refractivity contribution in [2.24, 2.45) is 12.9 Å². The smallest absolute Gasteiger partial charge is 0.126 e. The summed E-state index contributed by atoms with van der Waals surface area (Å²) in [7, 11) is 1.81. The Kier molecular flexibility index (Phi) is 3.14. The first kappa shape index (κ1) is 12.7. The number of anilines is 1. The van der Waals surface area contributed by atoms with Crippen LogP contribution in [-0.4, -0.2) is 9.78 Å². The maximum Gasteiger partial charge on any atom is 0.126 e. The number of fused-ring (bicyclic) bond motifs is 1. The number of nitrogen functional groups attached to an aromatic ring is 1. The van der Waals surface area contributed by atoms with Crippen LogP contribution in [0.4, 0.5) is 5.82 Å². The highest BCUT2D eigenvalue weighted by Crippen LogP contribution is 2.30. The van der Waals surface area contributed by atoms with Gasteiger partial charge in [0.2, 0.25) is 0 Å². The van der Waals surface area contributed by atoms with E-state index < -0.39 is 0 Å². The van der Waals surface area contributed by atoms with E-state index in [1.807, 2.05) is 25.2 Å². The van der Waals surface area contributed by atoms with Crippen molar-refractivity contribution in [1.29, 1.82) is 0 Å². The molecular weight excluding hydrogens is 250 g/mol. The van der Waals surface area contributed by atoms with Gasteiger partial charge in [0, 0.05) is 12.6 Å². The highest BCUT2D eigenvalue weighted by Gasteiger charge is 2.19. The number of nitrogens with two attached hydrogens (primary N) is 2. The Bertz CT molecular complexity index is 742.